The van der Waals surface area contributed by atoms with Crippen LogP contribution >= 0.6 is 11.5 Å². The van der Waals surface area contributed by atoms with E-state index in [9.17, 15) is 13.2 Å². The van der Waals surface area contributed by atoms with Crippen LogP contribution < -0.4 is 5.32 Å². The highest BCUT2D eigenvalue weighted by Crippen LogP contribution is 2.29. The molecule has 0 amide bonds. The first kappa shape index (κ1) is 13.6. The van der Waals surface area contributed by atoms with Crippen molar-refractivity contribution in [2.75, 3.05) is 11.9 Å². The molecule has 1 saturated carbocycles. The van der Waals surface area contributed by atoms with Gasteiger partial charge in [0.15, 0.2) is 0 Å². The van der Waals surface area contributed by atoms with E-state index in [0.717, 1.165) is 18.0 Å². The molecule has 0 spiro atoms. The summed E-state index contributed by atoms with van der Waals surface area (Å²) in [6.07, 6.45) is 2.91. The van der Waals surface area contributed by atoms with Gasteiger partial charge >= 0.3 is 6.18 Å². The lowest BCUT2D eigenvalue weighted by atomic mass is 9.87. The number of anilines is 1. The zero-order valence-corrected chi connectivity index (χ0v) is 10.8. The molecule has 7 heteroatoms. The monoisotopic (exact) mass is 279 g/mol. The Morgan fingerprint density at radius 1 is 1.22 bits per heavy atom. The fourth-order valence-electron chi connectivity index (χ4n) is 2.27. The normalized spacial score (nSPS) is 17.9. The lowest BCUT2D eigenvalue weighted by Crippen LogP contribution is -2.12. The average molecular weight is 279 g/mol. The highest BCUT2D eigenvalue weighted by Gasteiger charge is 2.36. The van der Waals surface area contributed by atoms with Crippen molar-refractivity contribution in [2.24, 2.45) is 5.92 Å². The summed E-state index contributed by atoms with van der Waals surface area (Å²) in [7, 11) is 0. The SMILES string of the molecule is FC(F)(F)c1nsc(NCCC2CCCCC2)n1. The summed E-state index contributed by atoms with van der Waals surface area (Å²) < 4.78 is 40.1. The van der Waals surface area contributed by atoms with Crippen molar-refractivity contribution in [3.8, 4) is 0 Å². The third-order valence-corrected chi connectivity index (χ3v) is 3.91. The van der Waals surface area contributed by atoms with Crippen LogP contribution in [0.1, 0.15) is 44.3 Å². The van der Waals surface area contributed by atoms with E-state index in [4.69, 9.17) is 0 Å². The predicted molar refractivity (Wildman–Crippen MR) is 64.6 cm³/mol. The molecule has 1 aliphatic rings. The summed E-state index contributed by atoms with van der Waals surface area (Å²) in [6.45, 7) is 0.678. The van der Waals surface area contributed by atoms with Crippen LogP contribution in [0.25, 0.3) is 0 Å². The minimum atomic E-state index is -4.44. The summed E-state index contributed by atoms with van der Waals surface area (Å²) in [5.41, 5.74) is 0. The smallest absolute Gasteiger partial charge is 0.360 e. The van der Waals surface area contributed by atoms with Crippen molar-refractivity contribution in [3.63, 3.8) is 0 Å². The molecule has 1 N–H and O–H groups in total. The molecular weight excluding hydrogens is 263 g/mol. The molecule has 1 aromatic rings. The second-order valence-corrected chi connectivity index (χ2v) is 5.39. The van der Waals surface area contributed by atoms with Crippen molar-refractivity contribution < 1.29 is 13.2 Å². The van der Waals surface area contributed by atoms with Gasteiger partial charge in [-0.05, 0) is 12.3 Å². The van der Waals surface area contributed by atoms with Crippen LogP contribution in [0.2, 0.25) is 0 Å². The first-order valence-electron chi connectivity index (χ1n) is 6.20. The van der Waals surface area contributed by atoms with E-state index in [0.29, 0.717) is 12.5 Å². The van der Waals surface area contributed by atoms with Crippen LogP contribution in [0.5, 0.6) is 0 Å². The molecule has 2 rings (SSSR count). The lowest BCUT2D eigenvalue weighted by molar-refractivity contribution is -0.144. The van der Waals surface area contributed by atoms with Crippen LogP contribution in [-0.2, 0) is 6.18 Å². The average Bonchev–Trinajstić information content (AvgIpc) is 2.79. The molecule has 0 atom stereocenters. The zero-order valence-electron chi connectivity index (χ0n) is 9.96. The van der Waals surface area contributed by atoms with Crippen molar-refractivity contribution >= 4 is 16.7 Å². The number of hydrogen-bond acceptors (Lipinski definition) is 4. The number of alkyl halides is 3. The number of rotatable bonds is 4. The highest BCUT2D eigenvalue weighted by atomic mass is 32.1. The molecule has 3 nitrogen and oxygen atoms in total. The Morgan fingerprint density at radius 3 is 2.56 bits per heavy atom. The minimum Gasteiger partial charge on any atom is -0.360 e. The Bertz CT molecular complexity index is 372. The molecule has 0 saturated heterocycles. The molecule has 0 aromatic carbocycles. The van der Waals surface area contributed by atoms with Gasteiger partial charge in [-0.2, -0.15) is 22.5 Å². The van der Waals surface area contributed by atoms with Crippen LogP contribution in [0, 0.1) is 5.92 Å². The van der Waals surface area contributed by atoms with Gasteiger partial charge < -0.3 is 5.32 Å². The van der Waals surface area contributed by atoms with Gasteiger partial charge in [0.05, 0.1) is 0 Å². The number of hydrogen-bond donors (Lipinski definition) is 1. The second kappa shape index (κ2) is 5.86. The van der Waals surface area contributed by atoms with Crippen molar-refractivity contribution in [1.82, 2.24) is 9.36 Å². The number of halogens is 3. The van der Waals surface area contributed by atoms with Gasteiger partial charge in [-0.25, -0.2) is 0 Å². The molecule has 18 heavy (non-hydrogen) atoms. The van der Waals surface area contributed by atoms with E-state index in [-0.39, 0.29) is 5.13 Å². The Labute approximate surface area is 108 Å². The van der Waals surface area contributed by atoms with Gasteiger partial charge in [0.1, 0.15) is 0 Å². The Hall–Kier alpha value is -0.850. The molecule has 0 unspecified atom stereocenters. The minimum absolute atomic E-state index is 0.262. The van der Waals surface area contributed by atoms with E-state index in [1.165, 1.54) is 32.1 Å². The summed E-state index contributed by atoms with van der Waals surface area (Å²) in [5.74, 6) is -0.339. The Morgan fingerprint density at radius 2 is 1.94 bits per heavy atom. The Balaban J connectivity index is 1.74. The first-order valence-corrected chi connectivity index (χ1v) is 6.98. The standard InChI is InChI=1S/C11H16F3N3S/c12-11(13,14)9-16-10(18-17-9)15-7-6-8-4-2-1-3-5-8/h8H,1-7H2,(H,15,16,17). The van der Waals surface area contributed by atoms with E-state index in [1.54, 1.807) is 0 Å². The third kappa shape index (κ3) is 3.83. The molecule has 0 radical (unpaired) electrons. The number of nitrogens with one attached hydrogen (secondary N) is 1. The van der Waals surface area contributed by atoms with E-state index in [1.807, 2.05) is 0 Å². The fourth-order valence-corrected chi connectivity index (χ4v) is 2.88. The molecular formula is C11H16F3N3S. The Kier molecular flexibility index (Phi) is 4.42. The van der Waals surface area contributed by atoms with Crippen LogP contribution in [0.3, 0.4) is 0 Å². The lowest BCUT2D eigenvalue weighted by Gasteiger charge is -2.21. The summed E-state index contributed by atoms with van der Waals surface area (Å²) in [5, 5.41) is 3.19. The van der Waals surface area contributed by atoms with Gasteiger partial charge in [0.25, 0.3) is 0 Å². The maximum atomic E-state index is 12.3. The van der Waals surface area contributed by atoms with Crippen molar-refractivity contribution in [3.05, 3.63) is 5.82 Å². The fraction of sp³-hybridized carbons (Fsp3) is 0.818. The molecule has 1 aromatic heterocycles. The van der Waals surface area contributed by atoms with Crippen LogP contribution in [-0.4, -0.2) is 15.9 Å². The van der Waals surface area contributed by atoms with Gasteiger partial charge in [0.2, 0.25) is 11.0 Å². The van der Waals surface area contributed by atoms with Crippen molar-refractivity contribution in [1.29, 1.82) is 0 Å². The topological polar surface area (TPSA) is 37.8 Å². The number of aromatic nitrogens is 2. The van der Waals surface area contributed by atoms with Gasteiger partial charge in [-0.1, -0.05) is 32.1 Å². The summed E-state index contributed by atoms with van der Waals surface area (Å²) in [6, 6.07) is 0. The van der Waals surface area contributed by atoms with E-state index < -0.39 is 12.0 Å². The molecule has 0 aliphatic heterocycles. The third-order valence-electron chi connectivity index (χ3n) is 3.23. The zero-order chi connectivity index (χ0) is 13.0. The van der Waals surface area contributed by atoms with Gasteiger partial charge in [0, 0.05) is 18.1 Å². The van der Waals surface area contributed by atoms with Crippen molar-refractivity contribution in [2.45, 2.75) is 44.7 Å². The molecule has 1 heterocycles. The number of nitrogens with zero attached hydrogens (tertiary/aromatic N) is 2. The molecule has 0 bridgehead atoms. The highest BCUT2D eigenvalue weighted by molar-refractivity contribution is 7.09. The maximum Gasteiger partial charge on any atom is 0.452 e. The molecule has 1 aliphatic carbocycles. The predicted octanol–water partition coefficient (Wildman–Crippen LogP) is 3.94. The summed E-state index contributed by atoms with van der Waals surface area (Å²) in [4.78, 5) is 3.44. The van der Waals surface area contributed by atoms with E-state index >= 15 is 0 Å². The quantitative estimate of drug-likeness (QED) is 0.907. The first-order chi connectivity index (χ1) is 8.55. The van der Waals surface area contributed by atoms with Crippen LogP contribution in [0.15, 0.2) is 0 Å². The van der Waals surface area contributed by atoms with E-state index in [2.05, 4.69) is 14.7 Å². The summed E-state index contributed by atoms with van der Waals surface area (Å²) >= 11 is 0.771. The second-order valence-electron chi connectivity index (χ2n) is 4.64. The maximum absolute atomic E-state index is 12.3. The molecule has 102 valence electrons. The van der Waals surface area contributed by atoms with Gasteiger partial charge in [-0.15, -0.1) is 0 Å². The van der Waals surface area contributed by atoms with Gasteiger partial charge in [-0.3, -0.25) is 0 Å². The molecule has 1 fully saturated rings. The largest absolute Gasteiger partial charge is 0.452 e. The van der Waals surface area contributed by atoms with Crippen LogP contribution in [0.4, 0.5) is 18.3 Å².